The molecular weight excluding hydrogens is 314 g/mol. The Morgan fingerprint density at radius 2 is 1.60 bits per heavy atom. The number of anilines is 2. The van der Waals surface area contributed by atoms with E-state index in [4.69, 9.17) is 4.42 Å². The lowest BCUT2D eigenvalue weighted by atomic mass is 10.2. The topological polar surface area (TPSA) is 58.3 Å². The van der Waals surface area contributed by atoms with Crippen LogP contribution < -0.4 is 9.80 Å². The highest BCUT2D eigenvalue weighted by Crippen LogP contribution is 2.19. The summed E-state index contributed by atoms with van der Waals surface area (Å²) in [7, 11) is 0. The molecular formula is C19H21N5O. The van der Waals surface area contributed by atoms with Crippen LogP contribution in [-0.4, -0.2) is 41.4 Å². The summed E-state index contributed by atoms with van der Waals surface area (Å²) in [5, 5.41) is 8.47. The monoisotopic (exact) mass is 335 g/mol. The average molecular weight is 335 g/mol. The van der Waals surface area contributed by atoms with E-state index in [2.05, 4.69) is 49.2 Å². The Balaban J connectivity index is 1.41. The van der Waals surface area contributed by atoms with Crippen molar-refractivity contribution in [3.8, 4) is 0 Å². The zero-order valence-electron chi connectivity index (χ0n) is 14.1. The van der Waals surface area contributed by atoms with Crippen LogP contribution >= 0.6 is 0 Å². The van der Waals surface area contributed by atoms with Gasteiger partial charge in [0.25, 0.3) is 0 Å². The number of hydrogen-bond donors (Lipinski definition) is 0. The molecule has 0 radical (unpaired) electrons. The van der Waals surface area contributed by atoms with E-state index >= 15 is 0 Å². The van der Waals surface area contributed by atoms with Crippen molar-refractivity contribution in [2.45, 2.75) is 12.8 Å². The smallest absolute Gasteiger partial charge is 0.318 e. The Morgan fingerprint density at radius 1 is 0.840 bits per heavy atom. The third kappa shape index (κ3) is 3.79. The summed E-state index contributed by atoms with van der Waals surface area (Å²) in [4.78, 5) is 8.65. The van der Waals surface area contributed by atoms with Gasteiger partial charge in [-0.15, -0.1) is 5.10 Å². The maximum absolute atomic E-state index is 5.90. The Hall–Kier alpha value is -2.89. The van der Waals surface area contributed by atoms with Gasteiger partial charge in [0.1, 0.15) is 0 Å². The first-order valence-corrected chi connectivity index (χ1v) is 8.65. The van der Waals surface area contributed by atoms with Gasteiger partial charge < -0.3 is 14.2 Å². The summed E-state index contributed by atoms with van der Waals surface area (Å²) in [5.41, 5.74) is 2.39. The third-order valence-electron chi connectivity index (χ3n) is 4.45. The van der Waals surface area contributed by atoms with Gasteiger partial charge in [-0.05, 0) is 24.1 Å². The molecule has 0 bridgehead atoms. The van der Waals surface area contributed by atoms with Gasteiger partial charge >= 0.3 is 6.01 Å². The van der Waals surface area contributed by atoms with Crippen LogP contribution in [0, 0.1) is 0 Å². The third-order valence-corrected chi connectivity index (χ3v) is 4.45. The van der Waals surface area contributed by atoms with Gasteiger partial charge in [0, 0.05) is 44.3 Å². The molecule has 25 heavy (non-hydrogen) atoms. The number of rotatable bonds is 4. The molecule has 0 amide bonds. The maximum atomic E-state index is 5.90. The van der Waals surface area contributed by atoms with Crippen molar-refractivity contribution in [1.82, 2.24) is 15.2 Å². The van der Waals surface area contributed by atoms with Crippen molar-refractivity contribution in [3.05, 3.63) is 66.3 Å². The predicted octanol–water partition coefficient (Wildman–Crippen LogP) is 2.77. The largest absolute Gasteiger partial charge is 0.408 e. The molecule has 0 unspecified atom stereocenters. The van der Waals surface area contributed by atoms with Crippen molar-refractivity contribution >= 4 is 11.7 Å². The van der Waals surface area contributed by atoms with Gasteiger partial charge in [0.15, 0.2) is 0 Å². The molecule has 6 nitrogen and oxygen atoms in total. The summed E-state index contributed by atoms with van der Waals surface area (Å²) in [6.07, 6.45) is 5.40. The Morgan fingerprint density at radius 3 is 2.44 bits per heavy atom. The standard InChI is InChI=1S/C19H21N5O/c1-2-5-16(6-3-1)15-18-21-22-19(25-18)24-12-4-11-23(13-14-24)17-7-9-20-10-8-17/h1-3,5-10H,4,11-15H2. The highest BCUT2D eigenvalue weighted by Gasteiger charge is 2.19. The molecule has 1 saturated heterocycles. The normalized spacial score (nSPS) is 15.2. The van der Waals surface area contributed by atoms with E-state index in [-0.39, 0.29) is 0 Å². The van der Waals surface area contributed by atoms with Crippen LogP contribution in [0.2, 0.25) is 0 Å². The second kappa shape index (κ2) is 7.34. The van der Waals surface area contributed by atoms with Gasteiger partial charge in [-0.2, -0.15) is 0 Å². The first kappa shape index (κ1) is 15.6. The van der Waals surface area contributed by atoms with Gasteiger partial charge in [-0.25, -0.2) is 0 Å². The van der Waals surface area contributed by atoms with Crippen molar-refractivity contribution < 1.29 is 4.42 Å². The lowest BCUT2D eigenvalue weighted by Gasteiger charge is -2.22. The van der Waals surface area contributed by atoms with E-state index in [1.165, 1.54) is 11.3 Å². The fraction of sp³-hybridized carbons (Fsp3) is 0.316. The zero-order chi connectivity index (χ0) is 16.9. The fourth-order valence-electron chi connectivity index (χ4n) is 3.14. The van der Waals surface area contributed by atoms with Gasteiger partial charge in [0.2, 0.25) is 5.89 Å². The molecule has 128 valence electrons. The number of nitrogens with zero attached hydrogens (tertiary/aromatic N) is 5. The molecule has 0 N–H and O–H groups in total. The van der Waals surface area contributed by atoms with Gasteiger partial charge in [0.05, 0.1) is 6.42 Å². The summed E-state index contributed by atoms with van der Waals surface area (Å²) >= 11 is 0. The number of pyridine rings is 1. The maximum Gasteiger partial charge on any atom is 0.318 e. The number of benzene rings is 1. The number of hydrogen-bond acceptors (Lipinski definition) is 6. The van der Waals surface area contributed by atoms with E-state index in [1.807, 2.05) is 30.6 Å². The van der Waals surface area contributed by atoms with E-state index in [1.54, 1.807) is 0 Å². The van der Waals surface area contributed by atoms with Gasteiger partial charge in [-0.1, -0.05) is 35.4 Å². The SMILES string of the molecule is c1ccc(Cc2nnc(N3CCCN(c4ccncc4)CC3)o2)cc1. The van der Waals surface area contributed by atoms with Crippen LogP contribution in [0.5, 0.6) is 0 Å². The zero-order valence-corrected chi connectivity index (χ0v) is 14.1. The molecule has 3 aromatic rings. The summed E-state index contributed by atoms with van der Waals surface area (Å²) in [5.74, 6) is 0.663. The van der Waals surface area contributed by atoms with Crippen LogP contribution in [0.25, 0.3) is 0 Å². The lowest BCUT2D eigenvalue weighted by molar-refractivity contribution is 0.494. The predicted molar refractivity (Wildman–Crippen MR) is 96.8 cm³/mol. The fourth-order valence-corrected chi connectivity index (χ4v) is 3.14. The van der Waals surface area contributed by atoms with E-state index < -0.39 is 0 Å². The molecule has 0 saturated carbocycles. The summed E-state index contributed by atoms with van der Waals surface area (Å²) < 4.78 is 5.90. The first-order chi connectivity index (χ1) is 12.4. The van der Waals surface area contributed by atoms with E-state index in [9.17, 15) is 0 Å². The van der Waals surface area contributed by atoms with Crippen molar-refractivity contribution in [2.75, 3.05) is 36.0 Å². The second-order valence-corrected chi connectivity index (χ2v) is 6.17. The molecule has 0 atom stereocenters. The van der Waals surface area contributed by atoms with Crippen LogP contribution in [0.3, 0.4) is 0 Å². The van der Waals surface area contributed by atoms with E-state index in [0.29, 0.717) is 18.3 Å². The van der Waals surface area contributed by atoms with Gasteiger partial charge in [-0.3, -0.25) is 4.98 Å². The van der Waals surface area contributed by atoms with Crippen LogP contribution in [0.1, 0.15) is 17.9 Å². The minimum Gasteiger partial charge on any atom is -0.408 e. The molecule has 6 heteroatoms. The van der Waals surface area contributed by atoms with Crippen LogP contribution in [0.4, 0.5) is 11.7 Å². The quantitative estimate of drug-likeness (QED) is 0.731. The molecule has 0 aliphatic carbocycles. The first-order valence-electron chi connectivity index (χ1n) is 8.65. The molecule has 1 aromatic carbocycles. The van der Waals surface area contributed by atoms with Crippen molar-refractivity contribution in [2.24, 2.45) is 0 Å². The Kier molecular flexibility index (Phi) is 4.59. The second-order valence-electron chi connectivity index (χ2n) is 6.17. The number of aromatic nitrogens is 3. The summed E-state index contributed by atoms with van der Waals surface area (Å²) in [6.45, 7) is 3.75. The minimum atomic E-state index is 0.627. The molecule has 2 aromatic heterocycles. The molecule has 0 spiro atoms. The molecule has 4 rings (SSSR count). The van der Waals surface area contributed by atoms with E-state index in [0.717, 1.165) is 32.6 Å². The molecule has 3 heterocycles. The van der Waals surface area contributed by atoms with Crippen LogP contribution in [0.15, 0.2) is 59.3 Å². The highest BCUT2D eigenvalue weighted by atomic mass is 16.4. The molecule has 1 aliphatic heterocycles. The minimum absolute atomic E-state index is 0.627. The molecule has 1 fully saturated rings. The van der Waals surface area contributed by atoms with Crippen molar-refractivity contribution in [3.63, 3.8) is 0 Å². The van der Waals surface area contributed by atoms with Crippen LogP contribution in [-0.2, 0) is 6.42 Å². The Bertz CT molecular complexity index is 790. The summed E-state index contributed by atoms with van der Waals surface area (Å²) in [6, 6.07) is 14.9. The lowest BCUT2D eigenvalue weighted by Crippen LogP contribution is -2.30. The Labute approximate surface area is 147 Å². The van der Waals surface area contributed by atoms with Crippen molar-refractivity contribution in [1.29, 1.82) is 0 Å². The average Bonchev–Trinajstić information content (AvgIpc) is 2.98. The molecule has 1 aliphatic rings. The highest BCUT2D eigenvalue weighted by molar-refractivity contribution is 5.45.